The van der Waals surface area contributed by atoms with E-state index >= 15 is 0 Å². The summed E-state index contributed by atoms with van der Waals surface area (Å²) in [6.45, 7) is 4.29. The van der Waals surface area contributed by atoms with Gasteiger partial charge in [-0.3, -0.25) is 9.59 Å². The smallest absolute Gasteiger partial charge is 0.230 e. The van der Waals surface area contributed by atoms with Gasteiger partial charge in [0.2, 0.25) is 5.91 Å². The molecule has 2 rings (SSSR count). The second kappa shape index (κ2) is 4.12. The summed E-state index contributed by atoms with van der Waals surface area (Å²) in [5.41, 5.74) is 0. The van der Waals surface area contributed by atoms with E-state index in [0.29, 0.717) is 13.0 Å². The second-order valence-electron chi connectivity index (χ2n) is 4.18. The Morgan fingerprint density at radius 2 is 2.12 bits per heavy atom. The van der Waals surface area contributed by atoms with Gasteiger partial charge in [0.1, 0.15) is 17.3 Å². The number of Topliss-reactive ketones (excluding diaryl/α,β-unsaturated/α-hetero) is 1. The normalized spacial score (nSPS) is 19.0. The molecule has 0 aromatic carbocycles. The summed E-state index contributed by atoms with van der Waals surface area (Å²) in [5, 5.41) is 0. The van der Waals surface area contributed by atoms with E-state index in [2.05, 4.69) is 0 Å². The van der Waals surface area contributed by atoms with Gasteiger partial charge in [0, 0.05) is 13.0 Å². The summed E-state index contributed by atoms with van der Waals surface area (Å²) in [6.07, 6.45) is 0.486. The lowest BCUT2D eigenvalue weighted by atomic mass is 10.1. The molecule has 1 saturated heterocycles. The molecule has 2 heterocycles. The van der Waals surface area contributed by atoms with Crippen molar-refractivity contribution in [2.24, 2.45) is 0 Å². The van der Waals surface area contributed by atoms with Gasteiger partial charge in [0.05, 0.1) is 12.5 Å². The van der Waals surface area contributed by atoms with Gasteiger partial charge in [-0.1, -0.05) is 0 Å². The number of hydrogen-bond acceptors (Lipinski definition) is 3. The lowest BCUT2D eigenvalue weighted by molar-refractivity contribution is -0.141. The molecule has 16 heavy (non-hydrogen) atoms. The highest BCUT2D eigenvalue weighted by Gasteiger charge is 2.29. The monoisotopic (exact) mass is 221 g/mol. The van der Waals surface area contributed by atoms with Gasteiger partial charge >= 0.3 is 0 Å². The first-order chi connectivity index (χ1) is 7.58. The van der Waals surface area contributed by atoms with Gasteiger partial charge < -0.3 is 9.32 Å². The van der Waals surface area contributed by atoms with Gasteiger partial charge in [0.15, 0.2) is 0 Å². The Morgan fingerprint density at radius 3 is 2.69 bits per heavy atom. The first-order valence-corrected chi connectivity index (χ1v) is 5.45. The molecule has 0 aliphatic carbocycles. The summed E-state index contributed by atoms with van der Waals surface area (Å²) < 4.78 is 5.49. The molecule has 4 nitrogen and oxygen atoms in total. The number of ketones is 1. The third kappa shape index (κ3) is 2.01. The van der Waals surface area contributed by atoms with Crippen LogP contribution < -0.4 is 0 Å². The molecule has 1 fully saturated rings. The average Bonchev–Trinajstić information content (AvgIpc) is 2.64. The summed E-state index contributed by atoms with van der Waals surface area (Å²) in [4.78, 5) is 24.5. The van der Waals surface area contributed by atoms with E-state index in [-0.39, 0.29) is 24.2 Å². The van der Waals surface area contributed by atoms with Crippen LogP contribution in [0.5, 0.6) is 0 Å². The molecule has 1 atom stereocenters. The Hall–Kier alpha value is -1.58. The van der Waals surface area contributed by atoms with E-state index in [4.69, 9.17) is 4.42 Å². The lowest BCUT2D eigenvalue weighted by Gasteiger charge is -2.30. The number of amides is 1. The highest BCUT2D eigenvalue weighted by Crippen LogP contribution is 2.25. The van der Waals surface area contributed by atoms with Crippen molar-refractivity contribution in [1.29, 1.82) is 0 Å². The minimum Gasteiger partial charge on any atom is -0.464 e. The van der Waals surface area contributed by atoms with Crippen LogP contribution in [0.2, 0.25) is 0 Å². The first-order valence-electron chi connectivity index (χ1n) is 5.45. The molecule has 1 aromatic heterocycles. The van der Waals surface area contributed by atoms with Crippen LogP contribution in [0.15, 0.2) is 16.5 Å². The molecular formula is C12H15NO3. The van der Waals surface area contributed by atoms with Crippen LogP contribution in [-0.2, 0) is 9.59 Å². The quantitative estimate of drug-likeness (QED) is 0.716. The largest absolute Gasteiger partial charge is 0.464 e. The van der Waals surface area contributed by atoms with Gasteiger partial charge in [-0.15, -0.1) is 0 Å². The number of likely N-dealkylation sites (tertiary alicyclic amines) is 1. The second-order valence-corrected chi connectivity index (χ2v) is 4.18. The standard InChI is InChI=1S/C12H15NO3/c1-8-3-4-11(16-8)9(2)13-6-5-10(14)7-12(13)15/h3-4,9H,5-7H2,1-2H3. The highest BCUT2D eigenvalue weighted by atomic mass is 16.3. The molecule has 0 radical (unpaired) electrons. The minimum absolute atomic E-state index is 0.0316. The fourth-order valence-electron chi connectivity index (χ4n) is 1.97. The molecule has 1 amide bonds. The van der Waals surface area contributed by atoms with Crippen molar-refractivity contribution < 1.29 is 14.0 Å². The zero-order valence-electron chi connectivity index (χ0n) is 9.53. The molecule has 86 valence electrons. The topological polar surface area (TPSA) is 50.5 Å². The maximum atomic E-state index is 11.7. The highest BCUT2D eigenvalue weighted by molar-refractivity contribution is 6.00. The van der Waals surface area contributed by atoms with Gasteiger partial charge in [-0.2, -0.15) is 0 Å². The van der Waals surface area contributed by atoms with Crippen LogP contribution in [0.25, 0.3) is 0 Å². The number of carbonyl (C=O) groups excluding carboxylic acids is 2. The number of nitrogens with zero attached hydrogens (tertiary/aromatic N) is 1. The van der Waals surface area contributed by atoms with Crippen molar-refractivity contribution in [3.05, 3.63) is 23.7 Å². The summed E-state index contributed by atoms with van der Waals surface area (Å²) in [5.74, 6) is 1.55. The van der Waals surface area contributed by atoms with E-state index in [1.807, 2.05) is 26.0 Å². The van der Waals surface area contributed by atoms with E-state index in [0.717, 1.165) is 11.5 Å². The SMILES string of the molecule is Cc1ccc(C(C)N2CCC(=O)CC2=O)o1. The first kappa shape index (κ1) is 10.9. The van der Waals surface area contributed by atoms with Crippen molar-refractivity contribution in [3.63, 3.8) is 0 Å². The van der Waals surface area contributed by atoms with E-state index in [1.165, 1.54) is 0 Å². The number of carbonyl (C=O) groups is 2. The molecule has 4 heteroatoms. The summed E-state index contributed by atoms with van der Waals surface area (Å²) in [6, 6.07) is 3.67. The summed E-state index contributed by atoms with van der Waals surface area (Å²) in [7, 11) is 0. The number of aryl methyl sites for hydroxylation is 1. The molecule has 1 aromatic rings. The van der Waals surface area contributed by atoms with Crippen molar-refractivity contribution in [2.75, 3.05) is 6.54 Å². The Kier molecular flexibility index (Phi) is 2.81. The number of rotatable bonds is 2. The predicted octanol–water partition coefficient (Wildman–Crippen LogP) is 1.84. The molecule has 0 N–H and O–H groups in total. The third-order valence-corrected chi connectivity index (χ3v) is 2.94. The maximum Gasteiger partial charge on any atom is 0.230 e. The molecule has 0 bridgehead atoms. The number of piperidine rings is 1. The minimum atomic E-state index is -0.0993. The van der Waals surface area contributed by atoms with Crippen LogP contribution in [-0.4, -0.2) is 23.1 Å². The van der Waals surface area contributed by atoms with Crippen molar-refractivity contribution in [3.8, 4) is 0 Å². The van der Waals surface area contributed by atoms with E-state index in [1.54, 1.807) is 4.90 Å². The van der Waals surface area contributed by atoms with E-state index < -0.39 is 0 Å². The Morgan fingerprint density at radius 1 is 1.38 bits per heavy atom. The fraction of sp³-hybridized carbons (Fsp3) is 0.500. The zero-order valence-corrected chi connectivity index (χ0v) is 9.53. The Balaban J connectivity index is 2.13. The van der Waals surface area contributed by atoms with Gasteiger partial charge in [-0.05, 0) is 26.0 Å². The van der Waals surface area contributed by atoms with Gasteiger partial charge in [-0.25, -0.2) is 0 Å². The van der Waals surface area contributed by atoms with E-state index in [9.17, 15) is 9.59 Å². The number of furan rings is 1. The Labute approximate surface area is 94.2 Å². The third-order valence-electron chi connectivity index (χ3n) is 2.94. The van der Waals surface area contributed by atoms with Crippen molar-refractivity contribution in [2.45, 2.75) is 32.7 Å². The van der Waals surface area contributed by atoms with Crippen LogP contribution in [0.1, 0.15) is 37.3 Å². The fourth-order valence-corrected chi connectivity index (χ4v) is 1.97. The molecule has 0 spiro atoms. The van der Waals surface area contributed by atoms with Crippen LogP contribution in [0.4, 0.5) is 0 Å². The number of hydrogen-bond donors (Lipinski definition) is 0. The van der Waals surface area contributed by atoms with Crippen molar-refractivity contribution in [1.82, 2.24) is 4.90 Å². The summed E-state index contributed by atoms with van der Waals surface area (Å²) >= 11 is 0. The van der Waals surface area contributed by atoms with Gasteiger partial charge in [0.25, 0.3) is 0 Å². The molecule has 1 aliphatic heterocycles. The van der Waals surface area contributed by atoms with Crippen LogP contribution in [0.3, 0.4) is 0 Å². The molecule has 0 saturated carbocycles. The Bertz CT molecular complexity index is 422. The average molecular weight is 221 g/mol. The molecular weight excluding hydrogens is 206 g/mol. The molecule has 1 unspecified atom stereocenters. The van der Waals surface area contributed by atoms with Crippen molar-refractivity contribution >= 4 is 11.7 Å². The predicted molar refractivity (Wildman–Crippen MR) is 57.8 cm³/mol. The molecule has 1 aliphatic rings. The van der Waals surface area contributed by atoms with Crippen LogP contribution in [0, 0.1) is 6.92 Å². The lowest BCUT2D eigenvalue weighted by Crippen LogP contribution is -2.40. The zero-order chi connectivity index (χ0) is 11.7. The van der Waals surface area contributed by atoms with Crippen LogP contribution >= 0.6 is 0 Å². The maximum absolute atomic E-state index is 11.7.